The molecule has 1 aromatic rings. The zero-order chi connectivity index (χ0) is 11.1. The Labute approximate surface area is 85.3 Å². The second kappa shape index (κ2) is 3.19. The normalized spacial score (nSPS) is 12.4. The minimum Gasteiger partial charge on any atom is -0.382 e. The third kappa shape index (κ3) is 1.69. The van der Waals surface area contributed by atoms with Gasteiger partial charge < -0.3 is 11.6 Å². The highest BCUT2D eigenvalue weighted by atomic mass is 15.4. The van der Waals surface area contributed by atoms with E-state index in [0.717, 1.165) is 11.5 Å². The molecule has 4 heteroatoms. The number of aromatic nitrogens is 2. The van der Waals surface area contributed by atoms with Gasteiger partial charge in [-0.15, -0.1) is 0 Å². The highest BCUT2D eigenvalue weighted by molar-refractivity contribution is 5.41. The zero-order valence-electron chi connectivity index (χ0n) is 9.63. The highest BCUT2D eigenvalue weighted by Crippen LogP contribution is 2.27. The van der Waals surface area contributed by atoms with Crippen molar-refractivity contribution in [2.45, 2.75) is 46.0 Å². The van der Waals surface area contributed by atoms with E-state index in [9.17, 15) is 0 Å². The molecular formula is C10H20N4. The van der Waals surface area contributed by atoms with Crippen molar-refractivity contribution in [3.05, 3.63) is 11.5 Å². The molecule has 0 radical (unpaired) electrons. The van der Waals surface area contributed by atoms with Crippen LogP contribution in [-0.4, -0.2) is 9.66 Å². The highest BCUT2D eigenvalue weighted by Gasteiger charge is 2.24. The lowest BCUT2D eigenvalue weighted by Crippen LogP contribution is -2.24. The molecular weight excluding hydrogens is 176 g/mol. The Balaban J connectivity index is 3.29. The molecule has 0 aliphatic carbocycles. The summed E-state index contributed by atoms with van der Waals surface area (Å²) in [7, 11) is 0. The Morgan fingerprint density at radius 2 is 1.79 bits per heavy atom. The van der Waals surface area contributed by atoms with Gasteiger partial charge in [0.15, 0.2) is 0 Å². The van der Waals surface area contributed by atoms with Crippen LogP contribution in [0.2, 0.25) is 0 Å². The summed E-state index contributed by atoms with van der Waals surface area (Å²) in [4.78, 5) is 4.49. The van der Waals surface area contributed by atoms with Crippen molar-refractivity contribution in [3.8, 4) is 0 Å². The summed E-state index contributed by atoms with van der Waals surface area (Å²) in [5.41, 5.74) is 6.69. The first-order valence-corrected chi connectivity index (χ1v) is 4.88. The predicted molar refractivity (Wildman–Crippen MR) is 59.6 cm³/mol. The van der Waals surface area contributed by atoms with Crippen LogP contribution in [0.3, 0.4) is 0 Å². The molecule has 0 aliphatic heterocycles. The van der Waals surface area contributed by atoms with Gasteiger partial charge in [0.2, 0.25) is 0 Å². The molecule has 14 heavy (non-hydrogen) atoms. The van der Waals surface area contributed by atoms with Gasteiger partial charge in [-0.2, -0.15) is 0 Å². The first-order chi connectivity index (χ1) is 6.25. The maximum Gasteiger partial charge on any atom is 0.146 e. The number of anilines is 1. The summed E-state index contributed by atoms with van der Waals surface area (Å²) in [6.07, 6.45) is 0. The average molecular weight is 196 g/mol. The third-order valence-corrected chi connectivity index (χ3v) is 2.19. The number of rotatable bonds is 1. The van der Waals surface area contributed by atoms with Crippen LogP contribution in [0.1, 0.15) is 52.1 Å². The SMILES string of the molecule is CC(C)c1nc(C(C)(C)C)n(N)c1N. The maximum atomic E-state index is 5.88. The molecule has 1 aromatic heterocycles. The van der Waals surface area contributed by atoms with Crippen molar-refractivity contribution in [2.75, 3.05) is 11.6 Å². The van der Waals surface area contributed by atoms with E-state index in [1.165, 1.54) is 4.68 Å². The predicted octanol–water partition coefficient (Wildman–Crippen LogP) is 1.60. The molecule has 0 amide bonds. The van der Waals surface area contributed by atoms with E-state index in [1.807, 2.05) is 0 Å². The molecule has 0 saturated carbocycles. The van der Waals surface area contributed by atoms with Gasteiger partial charge in [-0.05, 0) is 5.92 Å². The van der Waals surface area contributed by atoms with Crippen LogP contribution >= 0.6 is 0 Å². The summed E-state index contributed by atoms with van der Waals surface area (Å²) in [5, 5.41) is 0. The fourth-order valence-corrected chi connectivity index (χ4v) is 1.42. The third-order valence-electron chi connectivity index (χ3n) is 2.19. The van der Waals surface area contributed by atoms with Gasteiger partial charge in [-0.25, -0.2) is 9.66 Å². The molecule has 0 unspecified atom stereocenters. The molecule has 4 N–H and O–H groups in total. The van der Waals surface area contributed by atoms with Gasteiger partial charge in [-0.3, -0.25) is 0 Å². The Morgan fingerprint density at radius 1 is 1.29 bits per heavy atom. The van der Waals surface area contributed by atoms with Gasteiger partial charge in [0.05, 0.1) is 5.69 Å². The smallest absolute Gasteiger partial charge is 0.146 e. The van der Waals surface area contributed by atoms with Gasteiger partial charge in [-0.1, -0.05) is 34.6 Å². The van der Waals surface area contributed by atoms with E-state index < -0.39 is 0 Å². The standard InChI is InChI=1S/C10H20N4/c1-6(2)7-8(11)14(12)9(13-7)10(3,4)5/h6H,11-12H2,1-5H3. The summed E-state index contributed by atoms with van der Waals surface area (Å²) < 4.78 is 1.50. The molecule has 80 valence electrons. The van der Waals surface area contributed by atoms with E-state index >= 15 is 0 Å². The molecule has 0 atom stereocenters. The summed E-state index contributed by atoms with van der Waals surface area (Å²) >= 11 is 0. The minimum atomic E-state index is -0.0734. The number of nitrogen functional groups attached to an aromatic ring is 2. The van der Waals surface area contributed by atoms with Crippen LogP contribution < -0.4 is 11.6 Å². The van der Waals surface area contributed by atoms with Crippen molar-refractivity contribution < 1.29 is 0 Å². The van der Waals surface area contributed by atoms with Crippen molar-refractivity contribution in [1.82, 2.24) is 9.66 Å². The lowest BCUT2D eigenvalue weighted by atomic mass is 9.96. The molecule has 1 rings (SSSR count). The molecule has 0 fully saturated rings. The first-order valence-electron chi connectivity index (χ1n) is 4.88. The second-order valence-electron chi connectivity index (χ2n) is 4.98. The number of nitrogens with zero attached hydrogens (tertiary/aromatic N) is 2. The van der Waals surface area contributed by atoms with Gasteiger partial charge in [0.1, 0.15) is 11.6 Å². The summed E-state index contributed by atoms with van der Waals surface area (Å²) in [6, 6.07) is 0. The van der Waals surface area contributed by atoms with Crippen LogP contribution in [0.4, 0.5) is 5.82 Å². The molecule has 0 spiro atoms. The zero-order valence-corrected chi connectivity index (χ0v) is 9.63. The number of hydrogen-bond acceptors (Lipinski definition) is 3. The Hall–Kier alpha value is -1.19. The number of nitrogens with two attached hydrogens (primary N) is 2. The molecule has 0 aliphatic rings. The lowest BCUT2D eigenvalue weighted by molar-refractivity contribution is 0.530. The topological polar surface area (TPSA) is 69.9 Å². The second-order valence-corrected chi connectivity index (χ2v) is 4.98. The van der Waals surface area contributed by atoms with E-state index in [-0.39, 0.29) is 5.41 Å². The van der Waals surface area contributed by atoms with Crippen LogP contribution in [0, 0.1) is 0 Å². The van der Waals surface area contributed by atoms with E-state index in [2.05, 4.69) is 39.6 Å². The van der Waals surface area contributed by atoms with Crippen LogP contribution in [0.15, 0.2) is 0 Å². The largest absolute Gasteiger partial charge is 0.382 e. The number of hydrogen-bond donors (Lipinski definition) is 2. The van der Waals surface area contributed by atoms with Gasteiger partial charge in [0, 0.05) is 5.41 Å². The molecule has 1 heterocycles. The van der Waals surface area contributed by atoms with E-state index in [4.69, 9.17) is 11.6 Å². The fourth-order valence-electron chi connectivity index (χ4n) is 1.42. The Morgan fingerprint density at radius 3 is 2.00 bits per heavy atom. The van der Waals surface area contributed by atoms with Crippen molar-refractivity contribution in [2.24, 2.45) is 0 Å². The Bertz CT molecular complexity index is 331. The average Bonchev–Trinajstić information content (AvgIpc) is 2.28. The maximum absolute atomic E-state index is 5.88. The van der Waals surface area contributed by atoms with Gasteiger partial charge in [0.25, 0.3) is 0 Å². The monoisotopic (exact) mass is 196 g/mol. The van der Waals surface area contributed by atoms with E-state index in [0.29, 0.717) is 11.7 Å². The molecule has 0 bridgehead atoms. The number of imidazole rings is 1. The van der Waals surface area contributed by atoms with Crippen LogP contribution in [0.25, 0.3) is 0 Å². The van der Waals surface area contributed by atoms with Gasteiger partial charge >= 0.3 is 0 Å². The quantitative estimate of drug-likeness (QED) is 0.670. The Kier molecular flexibility index (Phi) is 2.48. The van der Waals surface area contributed by atoms with Crippen molar-refractivity contribution >= 4 is 5.82 Å². The summed E-state index contributed by atoms with van der Waals surface area (Å²) in [5.74, 6) is 7.57. The molecule has 0 aromatic carbocycles. The van der Waals surface area contributed by atoms with Crippen LogP contribution in [-0.2, 0) is 5.41 Å². The molecule has 0 saturated heterocycles. The minimum absolute atomic E-state index is 0.0734. The first kappa shape index (κ1) is 10.9. The fraction of sp³-hybridized carbons (Fsp3) is 0.700. The summed E-state index contributed by atoms with van der Waals surface area (Å²) in [6.45, 7) is 10.3. The molecule has 4 nitrogen and oxygen atoms in total. The van der Waals surface area contributed by atoms with Crippen molar-refractivity contribution in [3.63, 3.8) is 0 Å². The van der Waals surface area contributed by atoms with Crippen LogP contribution in [0.5, 0.6) is 0 Å². The van der Waals surface area contributed by atoms with Crippen molar-refractivity contribution in [1.29, 1.82) is 0 Å². The lowest BCUT2D eigenvalue weighted by Gasteiger charge is -2.17. The van der Waals surface area contributed by atoms with E-state index in [1.54, 1.807) is 0 Å².